The molecule has 9 nitrogen and oxygen atoms in total. The quantitative estimate of drug-likeness (QED) is 0.285. The summed E-state index contributed by atoms with van der Waals surface area (Å²) in [5.74, 6) is 1.10. The number of anilines is 3. The second kappa shape index (κ2) is 11.4. The summed E-state index contributed by atoms with van der Waals surface area (Å²) in [7, 11) is 0. The molecule has 10 heteroatoms. The van der Waals surface area contributed by atoms with Gasteiger partial charge in [0.1, 0.15) is 11.4 Å². The SMILES string of the molecule is CC(C)(C)OC(=O)NCCCNc1ccc(-c2ccnc(Nc3ccc(Cl)c(C=O)c3)n2)cn1. The van der Waals surface area contributed by atoms with Crippen LogP contribution in [0, 0.1) is 0 Å². The molecule has 1 amide bonds. The molecule has 3 N–H and O–H groups in total. The summed E-state index contributed by atoms with van der Waals surface area (Å²) in [5.41, 5.74) is 2.05. The molecule has 0 aliphatic carbocycles. The number of carbonyl (C=O) groups excluding carboxylic acids is 2. The maximum atomic E-state index is 11.6. The molecule has 0 aliphatic rings. The molecule has 1 aromatic carbocycles. The number of halogens is 1. The number of benzene rings is 1. The van der Waals surface area contributed by atoms with Crippen LogP contribution in [0.3, 0.4) is 0 Å². The molecule has 0 bridgehead atoms. The molecule has 0 atom stereocenters. The number of nitrogens with one attached hydrogen (secondary N) is 3. The van der Waals surface area contributed by atoms with Crippen molar-refractivity contribution in [2.75, 3.05) is 23.7 Å². The van der Waals surface area contributed by atoms with Crippen LogP contribution in [0.25, 0.3) is 11.3 Å². The van der Waals surface area contributed by atoms with Crippen LogP contribution in [-0.2, 0) is 4.74 Å². The zero-order chi connectivity index (χ0) is 24.6. The fourth-order valence-corrected chi connectivity index (χ4v) is 3.04. The highest BCUT2D eigenvalue weighted by atomic mass is 35.5. The van der Waals surface area contributed by atoms with Gasteiger partial charge in [0.25, 0.3) is 0 Å². The van der Waals surface area contributed by atoms with Crippen LogP contribution in [0.4, 0.5) is 22.2 Å². The summed E-state index contributed by atoms with van der Waals surface area (Å²) in [4.78, 5) is 35.9. The summed E-state index contributed by atoms with van der Waals surface area (Å²) in [6.07, 6.45) is 4.36. The second-order valence-corrected chi connectivity index (χ2v) is 8.79. The first-order chi connectivity index (χ1) is 16.2. The monoisotopic (exact) mass is 482 g/mol. The summed E-state index contributed by atoms with van der Waals surface area (Å²) in [6, 6.07) is 10.6. The first-order valence-electron chi connectivity index (χ1n) is 10.8. The molecule has 34 heavy (non-hydrogen) atoms. The number of ether oxygens (including phenoxy) is 1. The van der Waals surface area contributed by atoms with E-state index in [1.807, 2.05) is 32.9 Å². The predicted octanol–water partition coefficient (Wildman–Crippen LogP) is 5.07. The standard InChI is InChI=1S/C24H27ClN6O3/c1-24(2,3)34-23(33)28-11-4-10-26-21-8-5-16(14-29-21)20-9-12-27-22(31-20)30-18-6-7-19(25)17(13-18)15-32/h5-9,12-15H,4,10-11H2,1-3H3,(H,26,29)(H,28,33)(H,27,30,31). The van der Waals surface area contributed by atoms with Crippen LogP contribution in [-0.4, -0.2) is 46.0 Å². The van der Waals surface area contributed by atoms with Gasteiger partial charge in [-0.3, -0.25) is 4.79 Å². The Kier molecular flexibility index (Phi) is 8.37. The van der Waals surface area contributed by atoms with Crippen molar-refractivity contribution < 1.29 is 14.3 Å². The molecule has 0 radical (unpaired) electrons. The molecule has 178 valence electrons. The predicted molar refractivity (Wildman–Crippen MR) is 133 cm³/mol. The lowest BCUT2D eigenvalue weighted by Crippen LogP contribution is -2.33. The van der Waals surface area contributed by atoms with E-state index in [9.17, 15) is 9.59 Å². The number of rotatable bonds is 9. The van der Waals surface area contributed by atoms with E-state index in [1.54, 1.807) is 36.7 Å². The van der Waals surface area contributed by atoms with Crippen LogP contribution in [0.15, 0.2) is 48.8 Å². The van der Waals surface area contributed by atoms with E-state index < -0.39 is 11.7 Å². The first-order valence-corrected chi connectivity index (χ1v) is 11.1. The Morgan fingerprint density at radius 3 is 2.65 bits per heavy atom. The van der Waals surface area contributed by atoms with Crippen molar-refractivity contribution in [2.24, 2.45) is 0 Å². The van der Waals surface area contributed by atoms with Crippen molar-refractivity contribution >= 4 is 41.4 Å². The Morgan fingerprint density at radius 1 is 1.12 bits per heavy atom. The van der Waals surface area contributed by atoms with Crippen molar-refractivity contribution in [2.45, 2.75) is 32.8 Å². The highest BCUT2D eigenvalue weighted by Gasteiger charge is 2.15. The molecule has 2 aromatic heterocycles. The number of carbonyl (C=O) groups is 2. The number of amides is 1. The second-order valence-electron chi connectivity index (χ2n) is 8.39. The third kappa shape index (κ3) is 7.70. The minimum atomic E-state index is -0.510. The van der Waals surface area contributed by atoms with Gasteiger partial charge in [0.15, 0.2) is 6.29 Å². The normalized spacial score (nSPS) is 10.9. The van der Waals surface area contributed by atoms with Crippen molar-refractivity contribution in [1.82, 2.24) is 20.3 Å². The van der Waals surface area contributed by atoms with Crippen molar-refractivity contribution in [3.8, 4) is 11.3 Å². The third-order valence-electron chi connectivity index (χ3n) is 4.42. The molecule has 0 fully saturated rings. The average molecular weight is 483 g/mol. The van der Waals surface area contributed by atoms with Crippen molar-refractivity contribution in [3.05, 3.63) is 59.4 Å². The van der Waals surface area contributed by atoms with Crippen LogP contribution in [0.2, 0.25) is 5.02 Å². The van der Waals surface area contributed by atoms with E-state index >= 15 is 0 Å². The van der Waals surface area contributed by atoms with E-state index in [0.717, 1.165) is 17.8 Å². The van der Waals surface area contributed by atoms with Crippen molar-refractivity contribution in [3.63, 3.8) is 0 Å². The van der Waals surface area contributed by atoms with Gasteiger partial charge in [0.2, 0.25) is 5.95 Å². The maximum Gasteiger partial charge on any atom is 0.407 e. The maximum absolute atomic E-state index is 11.6. The van der Waals surface area contributed by atoms with Crippen LogP contribution in [0.5, 0.6) is 0 Å². The summed E-state index contributed by atoms with van der Waals surface area (Å²) in [5, 5.41) is 9.40. The number of aromatic nitrogens is 3. The molecule has 0 spiro atoms. The number of hydrogen-bond acceptors (Lipinski definition) is 8. The smallest absolute Gasteiger partial charge is 0.407 e. The average Bonchev–Trinajstić information content (AvgIpc) is 2.79. The molecule has 2 heterocycles. The minimum absolute atomic E-state index is 0.384. The van der Waals surface area contributed by atoms with Crippen LogP contribution < -0.4 is 16.0 Å². The number of nitrogens with zero attached hydrogens (tertiary/aromatic N) is 3. The largest absolute Gasteiger partial charge is 0.444 e. The molecular formula is C24H27ClN6O3. The molecular weight excluding hydrogens is 456 g/mol. The number of alkyl carbamates (subject to hydrolysis) is 1. The van der Waals surface area contributed by atoms with Gasteiger partial charge >= 0.3 is 6.09 Å². The van der Waals surface area contributed by atoms with Gasteiger partial charge in [0, 0.05) is 42.3 Å². The molecule has 3 aromatic rings. The van der Waals surface area contributed by atoms with Gasteiger partial charge in [-0.05, 0) is 63.6 Å². The lowest BCUT2D eigenvalue weighted by molar-refractivity contribution is 0.0527. The van der Waals surface area contributed by atoms with Gasteiger partial charge in [-0.1, -0.05) is 11.6 Å². The van der Waals surface area contributed by atoms with Crippen molar-refractivity contribution in [1.29, 1.82) is 0 Å². The first kappa shape index (κ1) is 24.9. The van der Waals surface area contributed by atoms with Gasteiger partial charge in [-0.15, -0.1) is 0 Å². The Hall–Kier alpha value is -3.72. The Labute approximate surface area is 203 Å². The third-order valence-corrected chi connectivity index (χ3v) is 4.77. The fourth-order valence-electron chi connectivity index (χ4n) is 2.88. The molecule has 0 saturated heterocycles. The van der Waals surface area contributed by atoms with Crippen LogP contribution in [0.1, 0.15) is 37.6 Å². The Morgan fingerprint density at radius 2 is 1.94 bits per heavy atom. The zero-order valence-corrected chi connectivity index (χ0v) is 20.0. The van der Waals surface area contributed by atoms with Gasteiger partial charge in [-0.25, -0.2) is 19.7 Å². The highest BCUT2D eigenvalue weighted by Crippen LogP contribution is 2.23. The molecule has 0 saturated carbocycles. The van der Waals surface area contributed by atoms with Gasteiger partial charge in [0.05, 0.1) is 10.7 Å². The van der Waals surface area contributed by atoms with E-state index in [-0.39, 0.29) is 0 Å². The molecule has 0 unspecified atom stereocenters. The van der Waals surface area contributed by atoms with E-state index in [2.05, 4.69) is 30.9 Å². The van der Waals surface area contributed by atoms with Crippen LogP contribution >= 0.6 is 11.6 Å². The Bertz CT molecular complexity index is 1130. The fraction of sp³-hybridized carbons (Fsp3) is 0.292. The minimum Gasteiger partial charge on any atom is -0.444 e. The summed E-state index contributed by atoms with van der Waals surface area (Å²) >= 11 is 5.97. The lowest BCUT2D eigenvalue weighted by atomic mass is 10.2. The molecule has 3 rings (SSSR count). The number of aldehydes is 1. The summed E-state index contributed by atoms with van der Waals surface area (Å²) < 4.78 is 5.20. The Balaban J connectivity index is 1.52. The van der Waals surface area contributed by atoms with E-state index in [1.165, 1.54) is 0 Å². The lowest BCUT2D eigenvalue weighted by Gasteiger charge is -2.19. The van der Waals surface area contributed by atoms with Gasteiger partial charge < -0.3 is 20.7 Å². The number of pyridine rings is 1. The van der Waals surface area contributed by atoms with E-state index in [4.69, 9.17) is 16.3 Å². The molecule has 0 aliphatic heterocycles. The van der Waals surface area contributed by atoms with Gasteiger partial charge in [-0.2, -0.15) is 0 Å². The number of hydrogen-bond donors (Lipinski definition) is 3. The van der Waals surface area contributed by atoms with E-state index in [0.29, 0.717) is 47.3 Å². The highest BCUT2D eigenvalue weighted by molar-refractivity contribution is 6.33. The zero-order valence-electron chi connectivity index (χ0n) is 19.3. The summed E-state index contributed by atoms with van der Waals surface area (Å²) in [6.45, 7) is 6.62. The topological polar surface area (TPSA) is 118 Å².